The highest BCUT2D eigenvalue weighted by Crippen LogP contribution is 2.27. The second-order valence-corrected chi connectivity index (χ2v) is 6.70. The third-order valence-corrected chi connectivity index (χ3v) is 4.21. The van der Waals surface area contributed by atoms with Gasteiger partial charge in [-0.15, -0.1) is 15.0 Å². The topological polar surface area (TPSA) is 95.7 Å². The minimum Gasteiger partial charge on any atom is -0.505 e. The summed E-state index contributed by atoms with van der Waals surface area (Å²) in [5, 5.41) is 19.1. The fourth-order valence-corrected chi connectivity index (χ4v) is 2.70. The van der Waals surface area contributed by atoms with E-state index in [1.165, 1.54) is 10.9 Å². The second kappa shape index (κ2) is 9.78. The van der Waals surface area contributed by atoms with Crippen LogP contribution in [0, 0.1) is 0 Å². The second-order valence-electron chi connectivity index (χ2n) is 6.70. The molecule has 3 aromatic rings. The van der Waals surface area contributed by atoms with E-state index in [1.54, 1.807) is 25.1 Å². The first-order chi connectivity index (χ1) is 14.5. The predicted octanol–water partition coefficient (Wildman–Crippen LogP) is 3.80. The zero-order chi connectivity index (χ0) is 21.5. The summed E-state index contributed by atoms with van der Waals surface area (Å²) in [6.07, 6.45) is 1.45. The number of unbranched alkanes of at least 4 members (excludes halogenated alkanes) is 1. The summed E-state index contributed by atoms with van der Waals surface area (Å²) in [5.74, 6) is 0.915. The molecule has 8 nitrogen and oxygen atoms in total. The van der Waals surface area contributed by atoms with E-state index >= 15 is 0 Å². The van der Waals surface area contributed by atoms with Crippen LogP contribution in [0.2, 0.25) is 0 Å². The van der Waals surface area contributed by atoms with Crippen molar-refractivity contribution >= 4 is 17.0 Å². The van der Waals surface area contributed by atoms with Gasteiger partial charge in [-0.2, -0.15) is 0 Å². The number of hydrogen-bond donors (Lipinski definition) is 1. The molecule has 1 heterocycles. The van der Waals surface area contributed by atoms with Crippen LogP contribution < -0.4 is 9.47 Å². The fourth-order valence-electron chi connectivity index (χ4n) is 2.70. The molecule has 0 aliphatic heterocycles. The van der Waals surface area contributed by atoms with Crippen molar-refractivity contribution in [1.29, 1.82) is 0 Å². The number of benzene rings is 2. The number of phenolic OH excluding ortho intramolecular Hbond substituents is 1. The highest BCUT2D eigenvalue weighted by molar-refractivity contribution is 5.86. The van der Waals surface area contributed by atoms with Crippen molar-refractivity contribution in [3.8, 4) is 22.9 Å². The number of carbonyl (C=O) groups excluding carboxylic acids is 1. The van der Waals surface area contributed by atoms with E-state index in [-0.39, 0.29) is 11.7 Å². The van der Waals surface area contributed by atoms with Crippen molar-refractivity contribution in [2.24, 2.45) is 0 Å². The van der Waals surface area contributed by atoms with Crippen molar-refractivity contribution in [2.75, 3.05) is 19.8 Å². The molecule has 0 spiro atoms. The third kappa shape index (κ3) is 5.28. The van der Waals surface area contributed by atoms with E-state index in [2.05, 4.69) is 16.8 Å². The summed E-state index contributed by atoms with van der Waals surface area (Å²) < 4.78 is 16.2. The summed E-state index contributed by atoms with van der Waals surface area (Å²) in [4.78, 5) is 12.7. The maximum absolute atomic E-state index is 11.3. The Morgan fingerprint density at radius 1 is 1.03 bits per heavy atom. The highest BCUT2D eigenvalue weighted by atomic mass is 16.5. The fraction of sp³-hybridized carbons (Fsp3) is 0.318. The number of aromatic nitrogens is 3. The normalized spacial score (nSPS) is 10.7. The SMILES string of the molecule is C=C(C)C(=O)OCCCCOc1ccc2nn(-c3ccc(OCC)cc3O)nc2c1. The minimum absolute atomic E-state index is 0.0325. The number of carbonyl (C=O) groups is 1. The van der Waals surface area contributed by atoms with Gasteiger partial charge in [0.2, 0.25) is 0 Å². The van der Waals surface area contributed by atoms with Gasteiger partial charge in [-0.1, -0.05) is 6.58 Å². The van der Waals surface area contributed by atoms with Crippen LogP contribution in [-0.2, 0) is 9.53 Å². The molecular weight excluding hydrogens is 386 g/mol. The monoisotopic (exact) mass is 411 g/mol. The maximum Gasteiger partial charge on any atom is 0.333 e. The smallest absolute Gasteiger partial charge is 0.333 e. The summed E-state index contributed by atoms with van der Waals surface area (Å²) in [7, 11) is 0. The van der Waals surface area contributed by atoms with Gasteiger partial charge >= 0.3 is 5.97 Å². The van der Waals surface area contributed by atoms with Gasteiger partial charge in [0.1, 0.15) is 34.0 Å². The average molecular weight is 411 g/mol. The Bertz CT molecular complexity index is 1040. The number of ether oxygens (including phenoxy) is 3. The highest BCUT2D eigenvalue weighted by Gasteiger charge is 2.11. The average Bonchev–Trinajstić information content (AvgIpc) is 3.13. The lowest BCUT2D eigenvalue weighted by Gasteiger charge is -2.06. The van der Waals surface area contributed by atoms with Gasteiger partial charge in [-0.05, 0) is 51.0 Å². The number of fused-ring (bicyclic) bond motifs is 1. The van der Waals surface area contributed by atoms with Gasteiger partial charge in [0.15, 0.2) is 0 Å². The van der Waals surface area contributed by atoms with Gasteiger partial charge in [0.05, 0.1) is 19.8 Å². The molecule has 0 bridgehead atoms. The molecule has 0 saturated carbocycles. The molecular formula is C22H25N3O5. The molecule has 30 heavy (non-hydrogen) atoms. The van der Waals surface area contributed by atoms with Crippen molar-refractivity contribution in [1.82, 2.24) is 15.0 Å². The lowest BCUT2D eigenvalue weighted by molar-refractivity contribution is -0.139. The van der Waals surface area contributed by atoms with Gasteiger partial charge in [0.25, 0.3) is 0 Å². The van der Waals surface area contributed by atoms with Crippen LogP contribution in [0.15, 0.2) is 48.6 Å². The molecule has 0 amide bonds. The molecule has 2 aromatic carbocycles. The molecule has 158 valence electrons. The van der Waals surface area contributed by atoms with E-state index < -0.39 is 0 Å². The quantitative estimate of drug-likeness (QED) is 0.308. The van der Waals surface area contributed by atoms with Crippen LogP contribution in [-0.4, -0.2) is 45.9 Å². The van der Waals surface area contributed by atoms with E-state index in [1.807, 2.05) is 19.1 Å². The van der Waals surface area contributed by atoms with E-state index in [0.29, 0.717) is 60.0 Å². The zero-order valence-electron chi connectivity index (χ0n) is 17.1. The molecule has 0 unspecified atom stereocenters. The lowest BCUT2D eigenvalue weighted by Crippen LogP contribution is -2.07. The van der Waals surface area contributed by atoms with Crippen molar-refractivity contribution < 1.29 is 24.1 Å². The van der Waals surface area contributed by atoms with Crippen LogP contribution in [0.1, 0.15) is 26.7 Å². The Morgan fingerprint density at radius 3 is 2.47 bits per heavy atom. The van der Waals surface area contributed by atoms with Gasteiger partial charge in [-0.25, -0.2) is 4.79 Å². The van der Waals surface area contributed by atoms with Crippen LogP contribution in [0.4, 0.5) is 0 Å². The Morgan fingerprint density at radius 2 is 1.73 bits per heavy atom. The van der Waals surface area contributed by atoms with Crippen molar-refractivity contribution in [3.05, 3.63) is 48.6 Å². The van der Waals surface area contributed by atoms with Gasteiger partial charge in [0, 0.05) is 17.7 Å². The minimum atomic E-state index is -0.372. The van der Waals surface area contributed by atoms with E-state index in [4.69, 9.17) is 14.2 Å². The lowest BCUT2D eigenvalue weighted by atomic mass is 10.3. The Hall–Kier alpha value is -3.55. The first-order valence-corrected chi connectivity index (χ1v) is 9.76. The maximum atomic E-state index is 11.3. The standard InChI is InChI=1S/C22H25N3O5/c1-4-28-17-8-10-20(21(26)14-17)25-23-18-9-7-16(13-19(18)24-25)29-11-5-6-12-30-22(27)15(2)3/h7-10,13-14,26H,2,4-6,11-12H2,1,3H3. The summed E-state index contributed by atoms with van der Waals surface area (Å²) in [6.45, 7) is 8.39. The number of nitrogens with zero attached hydrogens (tertiary/aromatic N) is 3. The van der Waals surface area contributed by atoms with Gasteiger partial charge < -0.3 is 19.3 Å². The molecule has 0 saturated heterocycles. The van der Waals surface area contributed by atoms with Gasteiger partial charge in [-0.3, -0.25) is 0 Å². The predicted molar refractivity (Wildman–Crippen MR) is 112 cm³/mol. The van der Waals surface area contributed by atoms with Crippen molar-refractivity contribution in [2.45, 2.75) is 26.7 Å². The third-order valence-electron chi connectivity index (χ3n) is 4.21. The first kappa shape index (κ1) is 21.2. The zero-order valence-corrected chi connectivity index (χ0v) is 17.1. The molecule has 0 fully saturated rings. The molecule has 0 radical (unpaired) electrons. The van der Waals surface area contributed by atoms with E-state index in [9.17, 15) is 9.90 Å². The Kier molecular flexibility index (Phi) is 6.90. The largest absolute Gasteiger partial charge is 0.505 e. The number of phenols is 1. The summed E-state index contributed by atoms with van der Waals surface area (Å²) in [5.41, 5.74) is 2.19. The Balaban J connectivity index is 1.58. The molecule has 1 aromatic heterocycles. The molecule has 3 rings (SSSR count). The van der Waals surface area contributed by atoms with Crippen LogP contribution in [0.5, 0.6) is 17.2 Å². The number of rotatable bonds is 10. The molecule has 1 N–H and O–H groups in total. The summed E-state index contributed by atoms with van der Waals surface area (Å²) >= 11 is 0. The van der Waals surface area contributed by atoms with Crippen LogP contribution >= 0.6 is 0 Å². The first-order valence-electron chi connectivity index (χ1n) is 9.76. The number of aromatic hydroxyl groups is 1. The Labute approximate surface area is 174 Å². The number of esters is 1. The molecule has 0 aliphatic carbocycles. The van der Waals surface area contributed by atoms with E-state index in [0.717, 1.165) is 6.42 Å². The van der Waals surface area contributed by atoms with Crippen LogP contribution in [0.25, 0.3) is 16.7 Å². The molecule has 0 atom stereocenters. The van der Waals surface area contributed by atoms with Crippen LogP contribution in [0.3, 0.4) is 0 Å². The van der Waals surface area contributed by atoms with Crippen molar-refractivity contribution in [3.63, 3.8) is 0 Å². The molecule has 0 aliphatic rings. The number of hydrogen-bond acceptors (Lipinski definition) is 7. The molecule has 8 heteroatoms. The summed E-state index contributed by atoms with van der Waals surface area (Å²) in [6, 6.07) is 10.4.